The smallest absolute Gasteiger partial charge is 0.256 e. The van der Waals surface area contributed by atoms with Crippen LogP contribution in [0.15, 0.2) is 60.8 Å². The van der Waals surface area contributed by atoms with Crippen molar-refractivity contribution < 1.29 is 28.9 Å². The van der Waals surface area contributed by atoms with Crippen LogP contribution in [0.1, 0.15) is 44.6 Å². The summed E-state index contributed by atoms with van der Waals surface area (Å²) >= 11 is 0. The van der Waals surface area contributed by atoms with Gasteiger partial charge in [0.1, 0.15) is 5.82 Å². The van der Waals surface area contributed by atoms with Crippen molar-refractivity contribution in [2.45, 2.75) is 51.4 Å². The van der Waals surface area contributed by atoms with Crippen molar-refractivity contribution in [1.29, 1.82) is 0 Å². The zero-order chi connectivity index (χ0) is 24.3. The van der Waals surface area contributed by atoms with Gasteiger partial charge >= 0.3 is 0 Å². The van der Waals surface area contributed by atoms with E-state index in [0.29, 0.717) is 39.9 Å². The van der Waals surface area contributed by atoms with Crippen LogP contribution in [0.5, 0.6) is 0 Å². The van der Waals surface area contributed by atoms with Crippen molar-refractivity contribution in [3.63, 3.8) is 0 Å². The van der Waals surface area contributed by atoms with Gasteiger partial charge in [0.25, 0.3) is 5.92 Å². The monoisotopic (exact) mass is 648 g/mol. The number of aryl methyl sites for hydroxylation is 1. The predicted molar refractivity (Wildman–Crippen MR) is 129 cm³/mol. The fourth-order valence-electron chi connectivity index (χ4n) is 4.81. The first-order chi connectivity index (χ1) is 16.0. The van der Waals surface area contributed by atoms with Crippen LogP contribution in [0.25, 0.3) is 34.0 Å². The molecular formula is C28H25F2IrN4-. The molecule has 1 radical (unpaired) electrons. The first-order valence-corrected chi connectivity index (χ1v) is 11.2. The summed E-state index contributed by atoms with van der Waals surface area (Å²) < 4.78 is 30.4. The van der Waals surface area contributed by atoms with E-state index in [1.165, 1.54) is 0 Å². The maximum Gasteiger partial charge on any atom is 0.256 e. The second-order valence-electron chi connectivity index (χ2n) is 9.83. The van der Waals surface area contributed by atoms with Crippen LogP contribution in [0.2, 0.25) is 0 Å². The molecule has 0 spiro atoms. The number of rotatable bonds is 3. The molecule has 0 N–H and O–H groups in total. The fourth-order valence-corrected chi connectivity index (χ4v) is 4.81. The standard InChI is InChI=1S/C28H25F2N4.Ir/c1-17-32-24(18-9-7-6-8-10-18)34-25(33-17)20-12-14-23(31-16-20)19-11-13-21-22(15-19)27(4,5)28(29,30)26(21,2)3;/h6-10,12-16H,1-5H3;/q-1;. The van der Waals surface area contributed by atoms with E-state index in [4.69, 9.17) is 0 Å². The van der Waals surface area contributed by atoms with Gasteiger partial charge in [-0.15, -0.1) is 34.9 Å². The summed E-state index contributed by atoms with van der Waals surface area (Å²) in [6.07, 6.45) is 1.70. The zero-order valence-corrected chi connectivity index (χ0v) is 22.5. The van der Waals surface area contributed by atoms with E-state index in [-0.39, 0.29) is 20.1 Å². The van der Waals surface area contributed by atoms with Crippen LogP contribution >= 0.6 is 0 Å². The molecule has 1 aliphatic carbocycles. The molecule has 0 saturated carbocycles. The van der Waals surface area contributed by atoms with E-state index in [2.05, 4.69) is 26.0 Å². The van der Waals surface area contributed by atoms with Gasteiger partial charge in [-0.05, 0) is 12.6 Å². The third kappa shape index (κ3) is 3.91. The first kappa shape index (κ1) is 25.2. The number of fused-ring (bicyclic) bond motifs is 1. The average Bonchev–Trinajstić information content (AvgIpc) is 2.93. The normalized spacial score (nSPS) is 16.9. The third-order valence-corrected chi connectivity index (χ3v) is 6.94. The Labute approximate surface area is 217 Å². The van der Waals surface area contributed by atoms with E-state index in [0.717, 1.165) is 11.1 Å². The summed E-state index contributed by atoms with van der Waals surface area (Å²) in [6.45, 7) is 8.24. The first-order valence-electron chi connectivity index (χ1n) is 11.2. The van der Waals surface area contributed by atoms with Gasteiger partial charge in [0.15, 0.2) is 11.6 Å². The number of aromatic nitrogens is 4. The topological polar surface area (TPSA) is 51.6 Å². The fraction of sp³-hybridized carbons (Fsp3) is 0.286. The Balaban J connectivity index is 0.00000289. The SMILES string of the molecule is Cc1nc(-c2ccccc2)nc(-c2ccc(-c3[c-]cc4c(c3)C(C)(C)C(F)(F)C4(C)C)nc2)n1.[Ir]. The van der Waals surface area contributed by atoms with Crippen LogP contribution < -0.4 is 0 Å². The molecule has 2 heterocycles. The molecule has 4 nitrogen and oxygen atoms in total. The molecule has 35 heavy (non-hydrogen) atoms. The maximum absolute atomic E-state index is 15.2. The Morgan fingerprint density at radius 2 is 1.40 bits per heavy atom. The number of hydrogen-bond donors (Lipinski definition) is 0. The van der Waals surface area contributed by atoms with Gasteiger partial charge in [-0.3, -0.25) is 0 Å². The number of pyridine rings is 1. The van der Waals surface area contributed by atoms with E-state index in [9.17, 15) is 0 Å². The summed E-state index contributed by atoms with van der Waals surface area (Å²) in [4.78, 5) is 18.1. The van der Waals surface area contributed by atoms with Crippen LogP contribution in [-0.4, -0.2) is 25.9 Å². The van der Waals surface area contributed by atoms with E-state index < -0.39 is 16.8 Å². The maximum atomic E-state index is 15.2. The minimum atomic E-state index is -2.88. The number of alkyl halides is 2. The Bertz CT molecular complexity index is 1380. The second kappa shape index (κ2) is 8.65. The summed E-state index contributed by atoms with van der Waals surface area (Å²) in [5.74, 6) is -1.12. The second-order valence-corrected chi connectivity index (χ2v) is 9.83. The number of halogens is 2. The van der Waals surface area contributed by atoms with Gasteiger partial charge in [-0.2, -0.15) is 0 Å². The summed E-state index contributed by atoms with van der Waals surface area (Å²) in [5.41, 5.74) is 1.74. The van der Waals surface area contributed by atoms with Gasteiger partial charge < -0.3 is 4.98 Å². The molecule has 2 aromatic heterocycles. The molecule has 0 aliphatic heterocycles. The molecule has 0 unspecified atom stereocenters. The van der Waals surface area contributed by atoms with Gasteiger partial charge in [0.2, 0.25) is 0 Å². The van der Waals surface area contributed by atoms with Crippen molar-refractivity contribution in [3.05, 3.63) is 83.8 Å². The Kier molecular flexibility index (Phi) is 6.23. The van der Waals surface area contributed by atoms with Crippen LogP contribution in [-0.2, 0) is 30.9 Å². The van der Waals surface area contributed by atoms with Gasteiger partial charge in [-0.1, -0.05) is 70.2 Å². The minimum Gasteiger partial charge on any atom is -0.304 e. The number of nitrogens with zero attached hydrogens (tertiary/aromatic N) is 4. The van der Waals surface area contributed by atoms with Crippen molar-refractivity contribution >= 4 is 0 Å². The summed E-state index contributed by atoms with van der Waals surface area (Å²) in [6, 6.07) is 20.1. The predicted octanol–water partition coefficient (Wildman–Crippen LogP) is 6.58. The van der Waals surface area contributed by atoms with E-state index in [1.54, 1.807) is 46.0 Å². The van der Waals surface area contributed by atoms with Crippen LogP contribution in [0.3, 0.4) is 0 Å². The Hall–Kier alpha value is -2.89. The van der Waals surface area contributed by atoms with E-state index in [1.807, 2.05) is 49.4 Å². The number of hydrogen-bond acceptors (Lipinski definition) is 4. The third-order valence-electron chi connectivity index (χ3n) is 6.94. The Morgan fingerprint density at radius 1 is 0.771 bits per heavy atom. The molecule has 2 aromatic carbocycles. The quantitative estimate of drug-likeness (QED) is 0.236. The average molecular weight is 648 g/mol. The summed E-state index contributed by atoms with van der Waals surface area (Å²) in [7, 11) is 0. The molecule has 5 rings (SSSR count). The molecule has 7 heteroatoms. The van der Waals surface area contributed by atoms with Gasteiger partial charge in [0.05, 0.1) is 0 Å². The molecular weight excluding hydrogens is 623 g/mol. The molecule has 0 saturated heterocycles. The molecule has 4 aromatic rings. The van der Waals surface area contributed by atoms with E-state index >= 15 is 8.78 Å². The molecule has 181 valence electrons. The van der Waals surface area contributed by atoms with Gasteiger partial charge in [-0.25, -0.2) is 23.7 Å². The van der Waals surface area contributed by atoms with Crippen molar-refractivity contribution in [3.8, 4) is 34.0 Å². The van der Waals surface area contributed by atoms with Crippen molar-refractivity contribution in [1.82, 2.24) is 19.9 Å². The molecule has 1 aliphatic rings. The number of benzene rings is 2. The van der Waals surface area contributed by atoms with Crippen molar-refractivity contribution in [2.75, 3.05) is 0 Å². The molecule has 0 atom stereocenters. The molecule has 0 fully saturated rings. The zero-order valence-electron chi connectivity index (χ0n) is 20.2. The Morgan fingerprint density at radius 3 is 2.03 bits per heavy atom. The molecule has 0 amide bonds. The molecule has 0 bridgehead atoms. The van der Waals surface area contributed by atoms with Gasteiger partial charge in [0, 0.05) is 48.3 Å². The van der Waals surface area contributed by atoms with Crippen LogP contribution in [0.4, 0.5) is 8.78 Å². The van der Waals surface area contributed by atoms with Crippen molar-refractivity contribution in [2.24, 2.45) is 0 Å². The summed E-state index contributed by atoms with van der Waals surface area (Å²) in [5, 5.41) is 0. The largest absolute Gasteiger partial charge is 0.304 e. The minimum absolute atomic E-state index is 0. The van der Waals surface area contributed by atoms with Crippen LogP contribution in [0, 0.1) is 13.0 Å².